The van der Waals surface area contributed by atoms with Gasteiger partial charge in [0.05, 0.1) is 19.4 Å². The first-order valence-electron chi connectivity index (χ1n) is 6.63. The number of rotatable bonds is 5. The number of benzene rings is 1. The van der Waals surface area contributed by atoms with E-state index in [1.54, 1.807) is 38.6 Å². The zero-order chi connectivity index (χ0) is 15.2. The Morgan fingerprint density at radius 1 is 1.33 bits per heavy atom. The lowest BCUT2D eigenvalue weighted by molar-refractivity contribution is 0.0767. The van der Waals surface area contributed by atoms with Crippen molar-refractivity contribution in [3.8, 4) is 17.0 Å². The molecule has 0 unspecified atom stereocenters. The van der Waals surface area contributed by atoms with Gasteiger partial charge < -0.3 is 14.7 Å². The Bertz CT molecular complexity index is 614. The first-order chi connectivity index (χ1) is 10.2. The van der Waals surface area contributed by atoms with Crippen molar-refractivity contribution in [1.29, 1.82) is 0 Å². The van der Waals surface area contributed by atoms with Gasteiger partial charge in [0, 0.05) is 30.9 Å². The number of aliphatic hydroxyl groups is 1. The Hall–Kier alpha value is -2.40. The topological polar surface area (TPSA) is 62.7 Å². The summed E-state index contributed by atoms with van der Waals surface area (Å²) in [6.45, 7) is 0.231. The second-order valence-electron chi connectivity index (χ2n) is 4.58. The number of hydrogen-bond donors (Lipinski definition) is 1. The lowest BCUT2D eigenvalue weighted by atomic mass is 10.1. The summed E-state index contributed by atoms with van der Waals surface area (Å²) in [5.41, 5.74) is 2.04. The fourth-order valence-corrected chi connectivity index (χ4v) is 2.04. The third-order valence-electron chi connectivity index (χ3n) is 3.17. The number of methoxy groups -OCH3 is 1. The maximum atomic E-state index is 12.3. The molecule has 0 saturated heterocycles. The van der Waals surface area contributed by atoms with Crippen LogP contribution in [0.5, 0.6) is 5.75 Å². The van der Waals surface area contributed by atoms with Crippen LogP contribution < -0.4 is 4.74 Å². The van der Waals surface area contributed by atoms with E-state index in [0.29, 0.717) is 17.9 Å². The molecule has 2 rings (SSSR count). The second-order valence-corrected chi connectivity index (χ2v) is 4.58. The van der Waals surface area contributed by atoms with Crippen molar-refractivity contribution in [2.24, 2.45) is 0 Å². The number of nitrogens with zero attached hydrogens (tertiary/aromatic N) is 2. The zero-order valence-electron chi connectivity index (χ0n) is 12.1. The van der Waals surface area contributed by atoms with Crippen molar-refractivity contribution in [3.05, 3.63) is 48.2 Å². The van der Waals surface area contributed by atoms with Crippen LogP contribution in [-0.4, -0.2) is 48.2 Å². The van der Waals surface area contributed by atoms with E-state index in [4.69, 9.17) is 9.84 Å². The van der Waals surface area contributed by atoms with Gasteiger partial charge in [-0.2, -0.15) is 0 Å². The van der Waals surface area contributed by atoms with E-state index in [1.165, 1.54) is 4.90 Å². The molecule has 110 valence electrons. The second kappa shape index (κ2) is 6.85. The van der Waals surface area contributed by atoms with Crippen LogP contribution >= 0.6 is 0 Å². The van der Waals surface area contributed by atoms with Gasteiger partial charge in [-0.05, 0) is 30.3 Å². The number of likely N-dealkylation sites (N-methyl/N-ethyl adjacent to an activating group) is 1. The van der Waals surface area contributed by atoms with Gasteiger partial charge in [0.2, 0.25) is 0 Å². The summed E-state index contributed by atoms with van der Waals surface area (Å²) >= 11 is 0. The van der Waals surface area contributed by atoms with Crippen LogP contribution in [0.2, 0.25) is 0 Å². The highest BCUT2D eigenvalue weighted by atomic mass is 16.5. The minimum Gasteiger partial charge on any atom is -0.496 e. The number of carbonyl (C=O) groups is 1. The minimum atomic E-state index is -0.149. The van der Waals surface area contributed by atoms with Crippen molar-refractivity contribution >= 4 is 5.91 Å². The molecule has 0 aliphatic carbocycles. The smallest absolute Gasteiger partial charge is 0.253 e. The number of pyridine rings is 1. The molecule has 0 radical (unpaired) electrons. The first-order valence-corrected chi connectivity index (χ1v) is 6.63. The minimum absolute atomic E-state index is 0.0640. The molecule has 0 spiro atoms. The molecule has 1 amide bonds. The predicted octanol–water partition coefficient (Wildman–Crippen LogP) is 1.82. The lowest BCUT2D eigenvalue weighted by Gasteiger charge is -2.17. The molecule has 5 nitrogen and oxygen atoms in total. The molecule has 1 aromatic heterocycles. The Balaban J connectivity index is 2.41. The summed E-state index contributed by atoms with van der Waals surface area (Å²) in [6.07, 6.45) is 1.70. The number of ether oxygens (including phenoxy) is 1. The van der Waals surface area contributed by atoms with E-state index < -0.39 is 0 Å². The fourth-order valence-electron chi connectivity index (χ4n) is 2.04. The zero-order valence-corrected chi connectivity index (χ0v) is 12.1. The third kappa shape index (κ3) is 3.38. The highest BCUT2D eigenvalue weighted by Gasteiger charge is 2.15. The average Bonchev–Trinajstić information content (AvgIpc) is 2.54. The van der Waals surface area contributed by atoms with Crippen molar-refractivity contribution in [3.63, 3.8) is 0 Å². The Morgan fingerprint density at radius 2 is 2.14 bits per heavy atom. The summed E-state index contributed by atoms with van der Waals surface area (Å²) in [5.74, 6) is 0.513. The molecule has 0 atom stereocenters. The quantitative estimate of drug-likeness (QED) is 0.910. The molecule has 0 saturated carbocycles. The van der Waals surface area contributed by atoms with Crippen LogP contribution in [0.25, 0.3) is 11.3 Å². The third-order valence-corrected chi connectivity index (χ3v) is 3.17. The lowest BCUT2D eigenvalue weighted by Crippen LogP contribution is -2.29. The molecule has 1 aromatic carbocycles. The van der Waals surface area contributed by atoms with Crippen molar-refractivity contribution in [2.45, 2.75) is 0 Å². The van der Waals surface area contributed by atoms with Gasteiger partial charge in [0.1, 0.15) is 5.75 Å². The van der Waals surface area contributed by atoms with Crippen LogP contribution in [0.3, 0.4) is 0 Å². The fraction of sp³-hybridized carbons (Fsp3) is 0.250. The van der Waals surface area contributed by atoms with Crippen LogP contribution in [0.1, 0.15) is 10.4 Å². The predicted molar refractivity (Wildman–Crippen MR) is 80.3 cm³/mol. The molecule has 1 heterocycles. The number of carbonyl (C=O) groups excluding carboxylic acids is 1. The van der Waals surface area contributed by atoms with Gasteiger partial charge in [-0.15, -0.1) is 0 Å². The monoisotopic (exact) mass is 286 g/mol. The van der Waals surface area contributed by atoms with Gasteiger partial charge in [-0.25, -0.2) is 0 Å². The van der Waals surface area contributed by atoms with Crippen molar-refractivity contribution in [1.82, 2.24) is 9.88 Å². The molecule has 21 heavy (non-hydrogen) atoms. The molecular weight excluding hydrogens is 268 g/mol. The molecule has 0 aliphatic rings. The molecule has 0 fully saturated rings. The van der Waals surface area contributed by atoms with Gasteiger partial charge in [-0.3, -0.25) is 9.78 Å². The van der Waals surface area contributed by atoms with Crippen LogP contribution in [0.4, 0.5) is 0 Å². The normalized spacial score (nSPS) is 10.2. The van der Waals surface area contributed by atoms with E-state index in [-0.39, 0.29) is 12.5 Å². The SMILES string of the molecule is COc1ccc(C(=O)N(C)CCO)cc1-c1ccccn1. The van der Waals surface area contributed by atoms with Crippen LogP contribution in [-0.2, 0) is 0 Å². The van der Waals surface area contributed by atoms with Gasteiger partial charge >= 0.3 is 0 Å². The number of aliphatic hydroxyl groups excluding tert-OH is 1. The molecule has 0 bridgehead atoms. The highest BCUT2D eigenvalue weighted by molar-refractivity contribution is 5.95. The van der Waals surface area contributed by atoms with E-state index >= 15 is 0 Å². The average molecular weight is 286 g/mol. The van der Waals surface area contributed by atoms with Gasteiger partial charge in [0.25, 0.3) is 5.91 Å². The van der Waals surface area contributed by atoms with E-state index in [1.807, 2.05) is 18.2 Å². The molecular formula is C16H18N2O3. The summed E-state index contributed by atoms with van der Waals surface area (Å²) in [6, 6.07) is 10.8. The van der Waals surface area contributed by atoms with E-state index in [0.717, 1.165) is 11.3 Å². The highest BCUT2D eigenvalue weighted by Crippen LogP contribution is 2.29. The Labute approximate surface area is 123 Å². The maximum absolute atomic E-state index is 12.3. The summed E-state index contributed by atoms with van der Waals surface area (Å²) in [4.78, 5) is 18.0. The maximum Gasteiger partial charge on any atom is 0.253 e. The Kier molecular flexibility index (Phi) is 4.90. The summed E-state index contributed by atoms with van der Waals surface area (Å²) in [7, 11) is 3.24. The first kappa shape index (κ1) is 15.0. The van der Waals surface area contributed by atoms with E-state index in [9.17, 15) is 4.79 Å². The van der Waals surface area contributed by atoms with Gasteiger partial charge in [0.15, 0.2) is 0 Å². The number of amides is 1. The summed E-state index contributed by atoms with van der Waals surface area (Å²) < 4.78 is 5.34. The molecule has 1 N–H and O–H groups in total. The molecule has 2 aromatic rings. The molecule has 5 heteroatoms. The van der Waals surface area contributed by atoms with Crippen molar-refractivity contribution in [2.75, 3.05) is 27.3 Å². The van der Waals surface area contributed by atoms with Crippen LogP contribution in [0, 0.1) is 0 Å². The van der Waals surface area contributed by atoms with Crippen LogP contribution in [0.15, 0.2) is 42.6 Å². The van der Waals surface area contributed by atoms with Crippen molar-refractivity contribution < 1.29 is 14.6 Å². The van der Waals surface area contributed by atoms with E-state index in [2.05, 4.69) is 4.98 Å². The molecule has 0 aliphatic heterocycles. The standard InChI is InChI=1S/C16H18N2O3/c1-18(9-10-19)16(20)12-6-7-15(21-2)13(11-12)14-5-3-4-8-17-14/h3-8,11,19H,9-10H2,1-2H3. The Morgan fingerprint density at radius 3 is 2.76 bits per heavy atom. The number of aromatic nitrogens is 1. The van der Waals surface area contributed by atoms with Gasteiger partial charge in [-0.1, -0.05) is 6.07 Å². The largest absolute Gasteiger partial charge is 0.496 e. The summed E-state index contributed by atoms with van der Waals surface area (Å²) in [5, 5.41) is 8.92. The number of hydrogen-bond acceptors (Lipinski definition) is 4.